The number of aromatic nitrogens is 2. The molecule has 0 unspecified atom stereocenters. The highest BCUT2D eigenvalue weighted by atomic mass is 35.5. The first-order valence-electron chi connectivity index (χ1n) is 7.79. The fraction of sp³-hybridized carbons (Fsp3) is 0.412. The second-order valence-corrected chi connectivity index (χ2v) is 6.01. The number of rotatable bonds is 6. The zero-order valence-corrected chi connectivity index (χ0v) is 13.8. The van der Waals surface area contributed by atoms with Gasteiger partial charge in [0.25, 0.3) is 0 Å². The van der Waals surface area contributed by atoms with Gasteiger partial charge in [-0.25, -0.2) is 9.97 Å². The zero-order valence-electron chi connectivity index (χ0n) is 13.1. The van der Waals surface area contributed by atoms with Crippen LogP contribution in [-0.2, 0) is 6.54 Å². The van der Waals surface area contributed by atoms with Gasteiger partial charge in [-0.2, -0.15) is 0 Å². The number of nitrogens with zero attached hydrogens (tertiary/aromatic N) is 2. The minimum absolute atomic E-state index is 0.299. The van der Waals surface area contributed by atoms with E-state index in [2.05, 4.69) is 15.3 Å². The lowest BCUT2D eigenvalue weighted by molar-refractivity contribution is 0.207. The zero-order chi connectivity index (χ0) is 16.1. The van der Waals surface area contributed by atoms with Crippen LogP contribution in [0.4, 0.5) is 5.95 Å². The van der Waals surface area contributed by atoms with E-state index in [9.17, 15) is 0 Å². The highest BCUT2D eigenvalue weighted by molar-refractivity contribution is 6.30. The average molecular weight is 334 g/mol. The van der Waals surface area contributed by atoms with Crippen LogP contribution in [0.1, 0.15) is 31.2 Å². The van der Waals surface area contributed by atoms with E-state index in [1.165, 1.54) is 12.8 Å². The Bertz CT molecular complexity index is 643. The van der Waals surface area contributed by atoms with Gasteiger partial charge >= 0.3 is 0 Å². The van der Waals surface area contributed by atoms with Crippen LogP contribution >= 0.6 is 11.6 Å². The Balaban J connectivity index is 1.72. The first kappa shape index (κ1) is 15.9. The van der Waals surface area contributed by atoms with Crippen molar-refractivity contribution < 1.29 is 9.47 Å². The van der Waals surface area contributed by atoms with Gasteiger partial charge in [0.1, 0.15) is 11.5 Å². The second-order valence-electron chi connectivity index (χ2n) is 5.58. The summed E-state index contributed by atoms with van der Waals surface area (Å²) in [6, 6.07) is 5.88. The van der Waals surface area contributed by atoms with Crippen LogP contribution in [-0.4, -0.2) is 23.2 Å². The Hall–Kier alpha value is -2.01. The van der Waals surface area contributed by atoms with Crippen LogP contribution in [0.2, 0.25) is 5.02 Å². The van der Waals surface area contributed by atoms with Crippen molar-refractivity contribution >= 4 is 17.5 Å². The topological polar surface area (TPSA) is 56.3 Å². The van der Waals surface area contributed by atoms with Gasteiger partial charge in [-0.3, -0.25) is 0 Å². The maximum Gasteiger partial charge on any atom is 0.222 e. The summed E-state index contributed by atoms with van der Waals surface area (Å²) in [5.41, 5.74) is 1.05. The monoisotopic (exact) mass is 333 g/mol. The molecular formula is C17H20ClN3O2. The van der Waals surface area contributed by atoms with Crippen molar-refractivity contribution in [3.63, 3.8) is 0 Å². The lowest BCUT2D eigenvalue weighted by Gasteiger charge is -2.17. The molecule has 1 aliphatic carbocycles. The summed E-state index contributed by atoms with van der Waals surface area (Å²) >= 11 is 5.80. The molecule has 23 heavy (non-hydrogen) atoms. The van der Waals surface area contributed by atoms with Gasteiger partial charge in [0.2, 0.25) is 5.95 Å². The summed E-state index contributed by atoms with van der Waals surface area (Å²) in [6.07, 6.45) is 8.14. The highest BCUT2D eigenvalue weighted by Gasteiger charge is 2.18. The summed E-state index contributed by atoms with van der Waals surface area (Å²) in [5.74, 6) is 2.19. The number of halogens is 1. The van der Waals surface area contributed by atoms with E-state index in [4.69, 9.17) is 21.1 Å². The Labute approximate surface area is 141 Å². The van der Waals surface area contributed by atoms with Crippen molar-refractivity contribution in [1.82, 2.24) is 9.97 Å². The molecule has 0 amide bonds. The maximum atomic E-state index is 6.17. The molecule has 1 aromatic heterocycles. The average Bonchev–Trinajstić information content (AvgIpc) is 3.08. The van der Waals surface area contributed by atoms with Gasteiger partial charge in [-0.1, -0.05) is 11.6 Å². The van der Waals surface area contributed by atoms with Crippen LogP contribution in [0.3, 0.4) is 0 Å². The molecule has 2 aromatic rings. The summed E-state index contributed by atoms with van der Waals surface area (Å²) < 4.78 is 11.5. The molecule has 0 aliphatic heterocycles. The first-order chi connectivity index (χ1) is 11.2. The van der Waals surface area contributed by atoms with E-state index >= 15 is 0 Å². The number of hydrogen-bond donors (Lipinski definition) is 1. The predicted molar refractivity (Wildman–Crippen MR) is 90.2 cm³/mol. The lowest BCUT2D eigenvalue weighted by atomic mass is 10.2. The van der Waals surface area contributed by atoms with Crippen molar-refractivity contribution in [2.45, 2.75) is 38.3 Å². The molecule has 1 saturated carbocycles. The summed E-state index contributed by atoms with van der Waals surface area (Å²) in [5, 5.41) is 3.71. The van der Waals surface area contributed by atoms with E-state index in [-0.39, 0.29) is 0 Å². The van der Waals surface area contributed by atoms with E-state index in [1.807, 2.05) is 18.2 Å². The molecule has 5 nitrogen and oxygen atoms in total. The fourth-order valence-corrected chi connectivity index (χ4v) is 2.78. The van der Waals surface area contributed by atoms with Gasteiger partial charge in [0.05, 0.1) is 30.6 Å². The van der Waals surface area contributed by atoms with Crippen molar-refractivity contribution in [2.24, 2.45) is 0 Å². The standard InChI is InChI=1S/C17H20ClN3O2/c1-22-15-7-6-12(9-19-17-20-10-13(18)11-21-17)16(8-15)23-14-4-2-3-5-14/h6-8,10-11,14H,2-5,9H2,1H3,(H,19,20,21). The van der Waals surface area contributed by atoms with Crippen LogP contribution in [0, 0.1) is 0 Å². The highest BCUT2D eigenvalue weighted by Crippen LogP contribution is 2.30. The summed E-state index contributed by atoms with van der Waals surface area (Å²) in [6.45, 7) is 0.577. The Morgan fingerprint density at radius 2 is 1.96 bits per heavy atom. The van der Waals surface area contributed by atoms with E-state index < -0.39 is 0 Å². The predicted octanol–water partition coefficient (Wildman–Crippen LogP) is 4.07. The lowest BCUT2D eigenvalue weighted by Crippen LogP contribution is -2.13. The quantitative estimate of drug-likeness (QED) is 0.863. The smallest absolute Gasteiger partial charge is 0.222 e. The third-order valence-electron chi connectivity index (χ3n) is 3.93. The molecule has 0 radical (unpaired) electrons. The van der Waals surface area contributed by atoms with Crippen LogP contribution < -0.4 is 14.8 Å². The van der Waals surface area contributed by atoms with Crippen molar-refractivity contribution in [2.75, 3.05) is 12.4 Å². The molecule has 0 atom stereocenters. The third kappa shape index (κ3) is 4.26. The third-order valence-corrected chi connectivity index (χ3v) is 4.12. The van der Waals surface area contributed by atoms with Gasteiger partial charge < -0.3 is 14.8 Å². The van der Waals surface area contributed by atoms with Crippen molar-refractivity contribution in [3.8, 4) is 11.5 Å². The molecule has 122 valence electrons. The van der Waals surface area contributed by atoms with E-state index in [0.29, 0.717) is 23.6 Å². The van der Waals surface area contributed by atoms with Crippen molar-refractivity contribution in [3.05, 3.63) is 41.2 Å². The first-order valence-corrected chi connectivity index (χ1v) is 8.17. The summed E-state index contributed by atoms with van der Waals surface area (Å²) in [7, 11) is 1.66. The maximum absolute atomic E-state index is 6.17. The molecule has 1 aromatic carbocycles. The molecule has 1 fully saturated rings. The molecule has 1 heterocycles. The molecule has 0 bridgehead atoms. The number of benzene rings is 1. The van der Waals surface area contributed by atoms with Gasteiger partial charge in [-0.15, -0.1) is 0 Å². The Kier molecular flexibility index (Phi) is 5.18. The Morgan fingerprint density at radius 1 is 1.22 bits per heavy atom. The molecule has 1 N–H and O–H groups in total. The molecular weight excluding hydrogens is 314 g/mol. The minimum Gasteiger partial charge on any atom is -0.497 e. The molecule has 0 saturated heterocycles. The number of hydrogen-bond acceptors (Lipinski definition) is 5. The molecule has 3 rings (SSSR count). The SMILES string of the molecule is COc1ccc(CNc2ncc(Cl)cn2)c(OC2CCCC2)c1. The van der Waals surface area contributed by atoms with E-state index in [0.717, 1.165) is 29.9 Å². The minimum atomic E-state index is 0.299. The number of anilines is 1. The number of nitrogens with one attached hydrogen (secondary N) is 1. The summed E-state index contributed by atoms with van der Waals surface area (Å²) in [4.78, 5) is 8.28. The van der Waals surface area contributed by atoms with Crippen LogP contribution in [0.25, 0.3) is 0 Å². The van der Waals surface area contributed by atoms with Crippen LogP contribution in [0.5, 0.6) is 11.5 Å². The van der Waals surface area contributed by atoms with Gasteiger partial charge in [0.15, 0.2) is 0 Å². The van der Waals surface area contributed by atoms with Crippen molar-refractivity contribution in [1.29, 1.82) is 0 Å². The van der Waals surface area contributed by atoms with Crippen LogP contribution in [0.15, 0.2) is 30.6 Å². The van der Waals surface area contributed by atoms with E-state index in [1.54, 1.807) is 19.5 Å². The second kappa shape index (κ2) is 7.51. The number of ether oxygens (including phenoxy) is 2. The molecule has 1 aliphatic rings. The van der Waals surface area contributed by atoms with Gasteiger partial charge in [0, 0.05) is 18.2 Å². The Morgan fingerprint density at radius 3 is 2.65 bits per heavy atom. The number of methoxy groups -OCH3 is 1. The molecule has 0 spiro atoms. The fourth-order valence-electron chi connectivity index (χ4n) is 2.68. The molecule has 6 heteroatoms. The normalized spacial score (nSPS) is 14.7. The largest absolute Gasteiger partial charge is 0.497 e. The van der Waals surface area contributed by atoms with Gasteiger partial charge in [-0.05, 0) is 37.8 Å².